The lowest BCUT2D eigenvalue weighted by Gasteiger charge is -2.09. The quantitative estimate of drug-likeness (QED) is 0.782. The lowest BCUT2D eigenvalue weighted by atomic mass is 10.2. The molecular weight excluding hydrogens is 303 g/mol. The van der Waals surface area contributed by atoms with Gasteiger partial charge in [0.1, 0.15) is 10.1 Å². The zero-order valence-corrected chi connectivity index (χ0v) is 12.5. The van der Waals surface area contributed by atoms with E-state index >= 15 is 0 Å². The van der Waals surface area contributed by atoms with Crippen molar-refractivity contribution in [3.8, 4) is 0 Å². The normalized spacial score (nSPS) is 13.6. The SMILES string of the molecule is CCC(C)S(=O)(=O)CC(=O)c1cc(Cl)sc1Cl. The Hall–Kier alpha value is -0.100. The lowest BCUT2D eigenvalue weighted by molar-refractivity contribution is 0.102. The highest BCUT2D eigenvalue weighted by Crippen LogP contribution is 2.31. The van der Waals surface area contributed by atoms with Crippen molar-refractivity contribution in [1.29, 1.82) is 0 Å². The van der Waals surface area contributed by atoms with Crippen LogP contribution in [0.3, 0.4) is 0 Å². The van der Waals surface area contributed by atoms with Gasteiger partial charge >= 0.3 is 0 Å². The largest absolute Gasteiger partial charge is 0.293 e. The second-order valence-electron chi connectivity index (χ2n) is 3.69. The standard InChI is InChI=1S/C10H12Cl2O3S2/c1-3-6(2)17(14,15)5-8(13)7-4-9(11)16-10(7)12/h4,6H,3,5H2,1-2H3. The molecule has 0 spiro atoms. The predicted molar refractivity (Wildman–Crippen MR) is 72.2 cm³/mol. The highest BCUT2D eigenvalue weighted by molar-refractivity contribution is 7.92. The number of sulfone groups is 1. The molecule has 1 unspecified atom stereocenters. The molecule has 1 aromatic heterocycles. The molecule has 0 N–H and O–H groups in total. The van der Waals surface area contributed by atoms with Gasteiger partial charge in [0.15, 0.2) is 15.6 Å². The molecule has 17 heavy (non-hydrogen) atoms. The van der Waals surface area contributed by atoms with Gasteiger partial charge < -0.3 is 0 Å². The maximum absolute atomic E-state index is 11.8. The molecule has 1 heterocycles. The molecule has 0 saturated carbocycles. The van der Waals surface area contributed by atoms with Crippen molar-refractivity contribution in [2.75, 3.05) is 5.75 Å². The van der Waals surface area contributed by atoms with E-state index in [9.17, 15) is 13.2 Å². The molecule has 0 aliphatic carbocycles. The molecule has 0 bridgehead atoms. The summed E-state index contributed by atoms with van der Waals surface area (Å²) in [6.07, 6.45) is 0.480. The first-order valence-electron chi connectivity index (χ1n) is 4.97. The highest BCUT2D eigenvalue weighted by atomic mass is 35.5. The van der Waals surface area contributed by atoms with Gasteiger partial charge in [0, 0.05) is 5.56 Å². The van der Waals surface area contributed by atoms with Gasteiger partial charge in [-0.05, 0) is 19.4 Å². The number of thiophene rings is 1. The van der Waals surface area contributed by atoms with Crippen molar-refractivity contribution in [3.05, 3.63) is 20.3 Å². The third-order valence-electron chi connectivity index (χ3n) is 2.48. The number of rotatable bonds is 5. The number of carbonyl (C=O) groups excluding carboxylic acids is 1. The van der Waals surface area contributed by atoms with Crippen molar-refractivity contribution in [1.82, 2.24) is 0 Å². The van der Waals surface area contributed by atoms with E-state index in [0.29, 0.717) is 10.8 Å². The number of hydrogen-bond acceptors (Lipinski definition) is 4. The molecular formula is C10H12Cl2O3S2. The van der Waals surface area contributed by atoms with Gasteiger partial charge in [-0.2, -0.15) is 0 Å². The van der Waals surface area contributed by atoms with Crippen LogP contribution in [0.5, 0.6) is 0 Å². The summed E-state index contributed by atoms with van der Waals surface area (Å²) in [5.74, 6) is -1.02. The fourth-order valence-corrected chi connectivity index (χ4v) is 4.00. The summed E-state index contributed by atoms with van der Waals surface area (Å²) in [6, 6.07) is 1.41. The van der Waals surface area contributed by atoms with Gasteiger partial charge in [0.05, 0.1) is 9.59 Å². The molecule has 7 heteroatoms. The first-order valence-corrected chi connectivity index (χ1v) is 8.26. The molecule has 0 fully saturated rings. The Morgan fingerprint density at radius 1 is 1.47 bits per heavy atom. The summed E-state index contributed by atoms with van der Waals surface area (Å²) in [6.45, 7) is 3.35. The third-order valence-corrected chi connectivity index (χ3v) is 6.19. The molecule has 1 aromatic rings. The van der Waals surface area contributed by atoms with Crippen LogP contribution in [-0.4, -0.2) is 25.2 Å². The van der Waals surface area contributed by atoms with E-state index in [-0.39, 0.29) is 9.90 Å². The molecule has 1 rings (SSSR count). The summed E-state index contributed by atoms with van der Waals surface area (Å²) in [7, 11) is -3.41. The topological polar surface area (TPSA) is 51.2 Å². The molecule has 0 aromatic carbocycles. The maximum Gasteiger partial charge on any atom is 0.180 e. The Balaban J connectivity index is 2.91. The molecule has 3 nitrogen and oxygen atoms in total. The Kier molecular flexibility index (Phi) is 5.01. The van der Waals surface area contributed by atoms with Gasteiger partial charge in [-0.25, -0.2) is 8.42 Å². The van der Waals surface area contributed by atoms with Crippen molar-refractivity contribution < 1.29 is 13.2 Å². The number of ketones is 1. The Morgan fingerprint density at radius 3 is 2.47 bits per heavy atom. The van der Waals surface area contributed by atoms with Gasteiger partial charge in [-0.1, -0.05) is 30.1 Å². The first kappa shape index (κ1) is 15.0. The molecule has 0 aliphatic rings. The van der Waals surface area contributed by atoms with Gasteiger partial charge in [-0.3, -0.25) is 4.79 Å². The fourth-order valence-electron chi connectivity index (χ4n) is 1.19. The fraction of sp³-hybridized carbons (Fsp3) is 0.500. The average Bonchev–Trinajstić information content (AvgIpc) is 2.56. The number of carbonyl (C=O) groups is 1. The minimum Gasteiger partial charge on any atom is -0.293 e. The number of halogens is 2. The number of hydrogen-bond donors (Lipinski definition) is 0. The van der Waals surface area contributed by atoms with Crippen LogP contribution >= 0.6 is 34.5 Å². The van der Waals surface area contributed by atoms with Crippen LogP contribution in [0.1, 0.15) is 30.6 Å². The van der Waals surface area contributed by atoms with Crippen LogP contribution in [0, 0.1) is 0 Å². The van der Waals surface area contributed by atoms with E-state index in [4.69, 9.17) is 23.2 Å². The van der Waals surface area contributed by atoms with Crippen LogP contribution in [-0.2, 0) is 9.84 Å². The van der Waals surface area contributed by atoms with Crippen LogP contribution in [0.15, 0.2) is 6.07 Å². The molecule has 0 saturated heterocycles. The zero-order chi connectivity index (χ0) is 13.2. The third kappa shape index (κ3) is 3.68. The van der Waals surface area contributed by atoms with E-state index in [1.54, 1.807) is 13.8 Å². The van der Waals surface area contributed by atoms with E-state index in [0.717, 1.165) is 11.3 Å². The summed E-state index contributed by atoms with van der Waals surface area (Å²) < 4.78 is 24.1. The average molecular weight is 315 g/mol. The molecule has 1 atom stereocenters. The van der Waals surface area contributed by atoms with E-state index in [1.807, 2.05) is 0 Å². The van der Waals surface area contributed by atoms with Crippen molar-refractivity contribution in [2.24, 2.45) is 0 Å². The lowest BCUT2D eigenvalue weighted by Crippen LogP contribution is -2.25. The maximum atomic E-state index is 11.8. The summed E-state index contributed by atoms with van der Waals surface area (Å²) in [5.41, 5.74) is 0.188. The Labute approximate surface area is 115 Å². The molecule has 0 amide bonds. The monoisotopic (exact) mass is 314 g/mol. The zero-order valence-electron chi connectivity index (χ0n) is 9.37. The van der Waals surface area contributed by atoms with Gasteiger partial charge in [0.2, 0.25) is 0 Å². The van der Waals surface area contributed by atoms with Crippen LogP contribution < -0.4 is 0 Å². The minimum atomic E-state index is -3.41. The summed E-state index contributed by atoms with van der Waals surface area (Å²) in [5, 5.41) is -0.528. The Morgan fingerprint density at radius 2 is 2.06 bits per heavy atom. The van der Waals surface area contributed by atoms with Crippen LogP contribution in [0.2, 0.25) is 8.67 Å². The van der Waals surface area contributed by atoms with E-state index in [1.165, 1.54) is 6.07 Å². The highest BCUT2D eigenvalue weighted by Gasteiger charge is 2.25. The molecule has 0 aliphatic heterocycles. The van der Waals surface area contributed by atoms with Crippen molar-refractivity contribution >= 4 is 50.2 Å². The number of Topliss-reactive ketones (excluding diaryl/α,β-unsaturated/α-hetero) is 1. The molecule has 96 valence electrons. The van der Waals surface area contributed by atoms with Crippen molar-refractivity contribution in [3.63, 3.8) is 0 Å². The van der Waals surface area contributed by atoms with Crippen LogP contribution in [0.4, 0.5) is 0 Å². The smallest absolute Gasteiger partial charge is 0.180 e. The molecule has 0 radical (unpaired) electrons. The second-order valence-corrected chi connectivity index (χ2v) is 8.39. The summed E-state index contributed by atoms with van der Waals surface area (Å²) >= 11 is 12.6. The second kappa shape index (κ2) is 5.69. The summed E-state index contributed by atoms with van der Waals surface area (Å²) in [4.78, 5) is 11.8. The van der Waals surface area contributed by atoms with Gasteiger partial charge in [0.25, 0.3) is 0 Å². The van der Waals surface area contributed by atoms with E-state index in [2.05, 4.69) is 0 Å². The predicted octanol–water partition coefficient (Wildman–Crippen LogP) is 3.45. The van der Waals surface area contributed by atoms with Gasteiger partial charge in [-0.15, -0.1) is 11.3 Å². The minimum absolute atomic E-state index is 0.188. The van der Waals surface area contributed by atoms with E-state index < -0.39 is 26.6 Å². The first-order chi connectivity index (χ1) is 7.77. The van der Waals surface area contributed by atoms with Crippen LogP contribution in [0.25, 0.3) is 0 Å². The Bertz CT molecular complexity index is 520. The van der Waals surface area contributed by atoms with Crippen molar-refractivity contribution in [2.45, 2.75) is 25.5 Å².